The van der Waals surface area contributed by atoms with Gasteiger partial charge in [-0.05, 0) is 11.0 Å². The van der Waals surface area contributed by atoms with Crippen molar-refractivity contribution in [2.24, 2.45) is 16.8 Å². The number of primary amides is 1. The van der Waals surface area contributed by atoms with Crippen molar-refractivity contribution < 1.29 is 18.9 Å². The molecule has 7 nitrogen and oxygen atoms in total. The molecule has 0 saturated carbocycles. The quantitative estimate of drug-likeness (QED) is 0.715. The molecule has 0 aromatic rings. The van der Waals surface area contributed by atoms with Crippen molar-refractivity contribution in [2.45, 2.75) is 19.4 Å². The van der Waals surface area contributed by atoms with Crippen LogP contribution in [0.1, 0.15) is 13.3 Å². The number of allylic oxidation sites excluding steroid dienone is 1. The van der Waals surface area contributed by atoms with Gasteiger partial charge < -0.3 is 10.5 Å². The van der Waals surface area contributed by atoms with Gasteiger partial charge in [-0.2, -0.15) is 0 Å². The SMILES string of the molecule is CC1COCCC1N(C)C(=O)[N+]1(C(N)=O)C=CC=N1. The molecule has 104 valence electrons. The summed E-state index contributed by atoms with van der Waals surface area (Å²) in [6.45, 7) is 3.24. The molecule has 0 bridgehead atoms. The molecule has 0 aliphatic carbocycles. The van der Waals surface area contributed by atoms with Gasteiger partial charge >= 0.3 is 12.1 Å². The topological polar surface area (TPSA) is 85.0 Å². The number of carbonyl (C=O) groups excluding carboxylic acids is 2. The van der Waals surface area contributed by atoms with Crippen LogP contribution in [-0.2, 0) is 4.74 Å². The molecule has 2 aliphatic rings. The van der Waals surface area contributed by atoms with E-state index >= 15 is 0 Å². The number of imide groups is 1. The Balaban J connectivity index is 2.20. The van der Waals surface area contributed by atoms with E-state index in [2.05, 4.69) is 5.10 Å². The number of ether oxygens (including phenoxy) is 1. The average molecular weight is 267 g/mol. The molecule has 3 atom stereocenters. The number of rotatable bonds is 1. The summed E-state index contributed by atoms with van der Waals surface area (Å²) in [4.78, 5) is 25.7. The molecule has 2 N–H and O–H groups in total. The average Bonchev–Trinajstić information content (AvgIpc) is 2.88. The van der Waals surface area contributed by atoms with E-state index in [9.17, 15) is 9.59 Å². The molecule has 0 aromatic heterocycles. The van der Waals surface area contributed by atoms with Crippen molar-refractivity contribution >= 4 is 18.3 Å². The van der Waals surface area contributed by atoms with Gasteiger partial charge in [-0.15, -0.1) is 0 Å². The van der Waals surface area contributed by atoms with Crippen LogP contribution in [0.2, 0.25) is 0 Å². The Morgan fingerprint density at radius 3 is 2.79 bits per heavy atom. The molecule has 4 amide bonds. The molecule has 2 aliphatic heterocycles. The van der Waals surface area contributed by atoms with Gasteiger partial charge in [0.05, 0.1) is 12.8 Å². The van der Waals surface area contributed by atoms with Crippen molar-refractivity contribution in [3.63, 3.8) is 0 Å². The highest BCUT2D eigenvalue weighted by Crippen LogP contribution is 2.24. The highest BCUT2D eigenvalue weighted by atomic mass is 16.5. The molecular formula is C12H19N4O3+. The zero-order valence-corrected chi connectivity index (χ0v) is 11.2. The summed E-state index contributed by atoms with van der Waals surface area (Å²) < 4.78 is 4.54. The fourth-order valence-corrected chi connectivity index (χ4v) is 2.51. The summed E-state index contributed by atoms with van der Waals surface area (Å²) in [6.07, 6.45) is 5.09. The van der Waals surface area contributed by atoms with Crippen molar-refractivity contribution in [3.05, 3.63) is 12.3 Å². The normalized spacial score (nSPS) is 33.4. The highest BCUT2D eigenvalue weighted by molar-refractivity contribution is 5.86. The summed E-state index contributed by atoms with van der Waals surface area (Å²) in [5.74, 6) is 0.214. The van der Waals surface area contributed by atoms with Crippen LogP contribution in [0, 0.1) is 5.92 Å². The van der Waals surface area contributed by atoms with Crippen LogP contribution in [0.15, 0.2) is 17.4 Å². The minimum atomic E-state index is -0.819. The monoisotopic (exact) mass is 267 g/mol. The van der Waals surface area contributed by atoms with Crippen molar-refractivity contribution in [3.8, 4) is 0 Å². The van der Waals surface area contributed by atoms with E-state index in [1.165, 1.54) is 12.4 Å². The van der Waals surface area contributed by atoms with E-state index in [0.717, 1.165) is 6.42 Å². The van der Waals surface area contributed by atoms with Crippen LogP contribution in [0.3, 0.4) is 0 Å². The third-order valence-corrected chi connectivity index (χ3v) is 3.66. The lowest BCUT2D eigenvalue weighted by Gasteiger charge is -2.36. The molecule has 1 fully saturated rings. The van der Waals surface area contributed by atoms with Crippen molar-refractivity contribution in [2.75, 3.05) is 20.3 Å². The van der Waals surface area contributed by atoms with Crippen LogP contribution in [0.25, 0.3) is 0 Å². The number of carbonyl (C=O) groups is 2. The molecule has 2 rings (SSSR count). The van der Waals surface area contributed by atoms with E-state index < -0.39 is 16.7 Å². The second kappa shape index (κ2) is 5.10. The predicted octanol–water partition coefficient (Wildman–Crippen LogP) is 0.872. The molecule has 0 radical (unpaired) electrons. The number of nitrogens with zero attached hydrogens (tertiary/aromatic N) is 3. The Morgan fingerprint density at radius 1 is 1.53 bits per heavy atom. The maximum absolute atomic E-state index is 12.5. The van der Waals surface area contributed by atoms with Gasteiger partial charge in [-0.1, -0.05) is 12.0 Å². The number of nitrogens with two attached hydrogens (primary N) is 1. The fraction of sp³-hybridized carbons (Fsp3) is 0.583. The molecule has 0 aromatic carbocycles. The van der Waals surface area contributed by atoms with Gasteiger partial charge in [0.15, 0.2) is 0 Å². The third-order valence-electron chi connectivity index (χ3n) is 3.66. The molecule has 0 spiro atoms. The first-order valence-corrected chi connectivity index (χ1v) is 6.26. The Labute approximate surface area is 111 Å². The van der Waals surface area contributed by atoms with Crippen LogP contribution in [-0.4, -0.2) is 54.1 Å². The summed E-state index contributed by atoms with van der Waals surface area (Å²) in [6, 6.07) is -1.21. The maximum atomic E-state index is 12.5. The first-order valence-electron chi connectivity index (χ1n) is 6.26. The lowest BCUT2D eigenvalue weighted by atomic mass is 9.97. The largest absolute Gasteiger partial charge is 0.459 e. The minimum absolute atomic E-state index is 0.0276. The summed E-state index contributed by atoms with van der Waals surface area (Å²) in [5, 5.41) is 3.91. The van der Waals surface area contributed by atoms with Gasteiger partial charge in [0.1, 0.15) is 6.20 Å². The summed E-state index contributed by atoms with van der Waals surface area (Å²) in [7, 11) is 1.68. The second-order valence-electron chi connectivity index (χ2n) is 4.93. The van der Waals surface area contributed by atoms with Crippen molar-refractivity contribution in [1.82, 2.24) is 4.90 Å². The van der Waals surface area contributed by atoms with E-state index in [1.807, 2.05) is 6.92 Å². The maximum Gasteiger partial charge on any atom is 0.459 e. The third kappa shape index (κ3) is 2.26. The first-order chi connectivity index (χ1) is 8.99. The molecule has 2 heterocycles. The fourth-order valence-electron chi connectivity index (χ4n) is 2.51. The van der Waals surface area contributed by atoms with Gasteiger partial charge in [-0.3, -0.25) is 4.90 Å². The van der Waals surface area contributed by atoms with Gasteiger partial charge in [-0.25, -0.2) is 9.59 Å². The standard InChI is InChI=1S/C12H18N4O3/c1-9-8-19-7-4-10(9)15(2)12(18)16(11(13)17)6-3-5-14-16/h3,5-6,9-10H,4,7-8H2,1-2H3,(H-,13,17)/p+1. The van der Waals surface area contributed by atoms with Gasteiger partial charge in [0, 0.05) is 31.7 Å². The number of hydrogen-bond acceptors (Lipinski definition) is 4. The molecular weight excluding hydrogens is 248 g/mol. The second-order valence-corrected chi connectivity index (χ2v) is 4.93. The Hall–Kier alpha value is -1.73. The highest BCUT2D eigenvalue weighted by Gasteiger charge is 2.48. The molecule has 3 unspecified atom stereocenters. The van der Waals surface area contributed by atoms with E-state index in [-0.39, 0.29) is 12.0 Å². The summed E-state index contributed by atoms with van der Waals surface area (Å²) in [5.41, 5.74) is 5.33. The smallest absolute Gasteiger partial charge is 0.381 e. The lowest BCUT2D eigenvalue weighted by molar-refractivity contribution is -0.719. The lowest BCUT2D eigenvalue weighted by Crippen LogP contribution is -2.59. The van der Waals surface area contributed by atoms with Crippen molar-refractivity contribution in [1.29, 1.82) is 0 Å². The zero-order chi connectivity index (χ0) is 14.0. The van der Waals surface area contributed by atoms with Gasteiger partial charge in [0.25, 0.3) is 0 Å². The van der Waals surface area contributed by atoms with Crippen LogP contribution in [0.4, 0.5) is 9.59 Å². The van der Waals surface area contributed by atoms with Gasteiger partial charge in [0.2, 0.25) is 0 Å². The predicted molar refractivity (Wildman–Crippen MR) is 69.0 cm³/mol. The summed E-state index contributed by atoms with van der Waals surface area (Å²) >= 11 is 0. The number of amides is 4. The Morgan fingerprint density at radius 2 is 2.26 bits per heavy atom. The van der Waals surface area contributed by atoms with Crippen LogP contribution < -0.4 is 5.73 Å². The Bertz CT molecular complexity index is 434. The number of urea groups is 2. The van der Waals surface area contributed by atoms with E-state index in [4.69, 9.17) is 10.5 Å². The zero-order valence-electron chi connectivity index (χ0n) is 11.2. The molecule has 1 saturated heterocycles. The van der Waals surface area contributed by atoms with Crippen LogP contribution >= 0.6 is 0 Å². The molecule has 19 heavy (non-hydrogen) atoms. The number of hydrogen-bond donors (Lipinski definition) is 1. The van der Waals surface area contributed by atoms with Crippen LogP contribution in [0.5, 0.6) is 0 Å². The minimum Gasteiger partial charge on any atom is -0.381 e. The first kappa shape index (κ1) is 13.7. The Kier molecular flexibility index (Phi) is 3.68. The van der Waals surface area contributed by atoms with E-state index in [0.29, 0.717) is 13.2 Å². The molecule has 7 heteroatoms. The van der Waals surface area contributed by atoms with E-state index in [1.54, 1.807) is 18.0 Å². The number of quaternary nitrogens is 1.